The summed E-state index contributed by atoms with van der Waals surface area (Å²) in [5.74, 6) is 0.904. The van der Waals surface area contributed by atoms with E-state index in [4.69, 9.17) is 17.0 Å². The van der Waals surface area contributed by atoms with Crippen LogP contribution in [0.4, 0.5) is 0 Å². The molecule has 0 spiro atoms. The lowest BCUT2D eigenvalue weighted by molar-refractivity contribution is 0.414. The van der Waals surface area contributed by atoms with Crippen molar-refractivity contribution in [2.24, 2.45) is 0 Å². The predicted octanol–water partition coefficient (Wildman–Crippen LogP) is 3.36. The molecule has 2 aromatic rings. The van der Waals surface area contributed by atoms with Crippen LogP contribution in [0.5, 0.6) is 5.75 Å². The molecule has 0 amide bonds. The molecule has 1 heterocycles. The first kappa shape index (κ1) is 12.9. The van der Waals surface area contributed by atoms with Crippen LogP contribution in [0.25, 0.3) is 0 Å². The number of nitrogens with zero attached hydrogens (tertiary/aromatic N) is 1. The van der Waals surface area contributed by atoms with Gasteiger partial charge in [0.05, 0.1) is 7.11 Å². The number of ether oxygens (including phenoxy) is 1. The number of hydrogen-bond donors (Lipinski definition) is 1. The third kappa shape index (κ3) is 2.82. The SMILES string of the molecule is CCc1c[nH]c(=S)n1CCc1cccc(OC)c1. The van der Waals surface area contributed by atoms with E-state index in [1.807, 2.05) is 18.3 Å². The van der Waals surface area contributed by atoms with Crippen LogP contribution in [-0.2, 0) is 19.4 Å². The number of methoxy groups -OCH3 is 1. The van der Waals surface area contributed by atoms with Crippen LogP contribution in [0, 0.1) is 4.77 Å². The largest absolute Gasteiger partial charge is 0.497 e. The van der Waals surface area contributed by atoms with Crippen LogP contribution in [0.2, 0.25) is 0 Å². The van der Waals surface area contributed by atoms with Gasteiger partial charge in [0, 0.05) is 18.4 Å². The molecular formula is C14H18N2OS. The molecule has 0 aliphatic carbocycles. The van der Waals surface area contributed by atoms with E-state index in [0.717, 1.165) is 29.9 Å². The Bertz CT molecular complexity index is 571. The molecule has 0 aliphatic heterocycles. The van der Waals surface area contributed by atoms with Gasteiger partial charge in [-0.25, -0.2) is 0 Å². The van der Waals surface area contributed by atoms with E-state index < -0.39 is 0 Å². The van der Waals surface area contributed by atoms with Crippen molar-refractivity contribution in [2.75, 3.05) is 7.11 Å². The van der Waals surface area contributed by atoms with E-state index in [9.17, 15) is 0 Å². The molecule has 0 unspecified atom stereocenters. The van der Waals surface area contributed by atoms with Gasteiger partial charge in [-0.15, -0.1) is 0 Å². The molecule has 0 saturated heterocycles. The van der Waals surface area contributed by atoms with E-state index in [-0.39, 0.29) is 0 Å². The van der Waals surface area contributed by atoms with Crippen LogP contribution in [0.1, 0.15) is 18.2 Å². The van der Waals surface area contributed by atoms with Crippen molar-refractivity contribution in [3.05, 3.63) is 46.5 Å². The number of aryl methyl sites for hydroxylation is 2. The summed E-state index contributed by atoms with van der Waals surface area (Å²) in [6.45, 7) is 3.04. The first-order chi connectivity index (χ1) is 8.74. The van der Waals surface area contributed by atoms with Gasteiger partial charge in [-0.2, -0.15) is 0 Å². The number of nitrogens with one attached hydrogen (secondary N) is 1. The summed E-state index contributed by atoms with van der Waals surface area (Å²) in [7, 11) is 1.69. The van der Waals surface area contributed by atoms with Crippen molar-refractivity contribution in [1.29, 1.82) is 0 Å². The van der Waals surface area contributed by atoms with E-state index in [1.165, 1.54) is 11.3 Å². The maximum atomic E-state index is 5.29. The number of rotatable bonds is 5. The Morgan fingerprint density at radius 3 is 2.94 bits per heavy atom. The summed E-state index contributed by atoms with van der Waals surface area (Å²) in [6.07, 6.45) is 3.94. The standard InChI is InChI=1S/C14H18N2OS/c1-3-12-10-15-14(18)16(12)8-7-11-5-4-6-13(9-11)17-2/h4-6,9-10H,3,7-8H2,1-2H3,(H,15,18). The van der Waals surface area contributed by atoms with Crippen molar-refractivity contribution in [2.45, 2.75) is 26.3 Å². The summed E-state index contributed by atoms with van der Waals surface area (Å²) in [4.78, 5) is 3.10. The first-order valence-corrected chi connectivity index (χ1v) is 6.55. The van der Waals surface area contributed by atoms with Crippen molar-refractivity contribution < 1.29 is 4.74 Å². The minimum Gasteiger partial charge on any atom is -0.497 e. The highest BCUT2D eigenvalue weighted by Gasteiger charge is 2.03. The number of aromatic nitrogens is 2. The molecule has 0 saturated carbocycles. The Morgan fingerprint density at radius 2 is 2.22 bits per heavy atom. The van der Waals surface area contributed by atoms with Crippen LogP contribution in [-0.4, -0.2) is 16.7 Å². The Hall–Kier alpha value is -1.55. The number of benzene rings is 1. The van der Waals surface area contributed by atoms with Gasteiger partial charge in [-0.1, -0.05) is 19.1 Å². The second kappa shape index (κ2) is 5.87. The van der Waals surface area contributed by atoms with Gasteiger partial charge in [0.2, 0.25) is 0 Å². The number of hydrogen-bond acceptors (Lipinski definition) is 2. The average Bonchev–Trinajstić information content (AvgIpc) is 2.77. The zero-order valence-corrected chi connectivity index (χ0v) is 11.6. The summed E-state index contributed by atoms with van der Waals surface area (Å²) in [5.41, 5.74) is 2.52. The normalized spacial score (nSPS) is 10.6. The number of imidazole rings is 1. The molecule has 0 bridgehead atoms. The predicted molar refractivity (Wildman–Crippen MR) is 75.7 cm³/mol. The van der Waals surface area contributed by atoms with Crippen molar-refractivity contribution in [1.82, 2.24) is 9.55 Å². The smallest absolute Gasteiger partial charge is 0.177 e. The van der Waals surface area contributed by atoms with Crippen LogP contribution in [0.3, 0.4) is 0 Å². The molecule has 96 valence electrons. The molecule has 1 N–H and O–H groups in total. The lowest BCUT2D eigenvalue weighted by Gasteiger charge is -2.08. The number of aromatic amines is 1. The Labute approximate surface area is 112 Å². The van der Waals surface area contributed by atoms with Gasteiger partial charge in [-0.3, -0.25) is 0 Å². The number of H-pyrrole nitrogens is 1. The molecule has 1 aromatic carbocycles. The molecule has 0 atom stereocenters. The topological polar surface area (TPSA) is 29.9 Å². The minimum absolute atomic E-state index is 0.801. The fourth-order valence-corrected chi connectivity index (χ4v) is 2.31. The van der Waals surface area contributed by atoms with Gasteiger partial charge in [0.1, 0.15) is 5.75 Å². The summed E-state index contributed by atoms with van der Waals surface area (Å²) >= 11 is 5.29. The third-order valence-corrected chi connectivity index (χ3v) is 3.41. The molecule has 4 heteroatoms. The molecule has 1 aromatic heterocycles. The monoisotopic (exact) mass is 262 g/mol. The Morgan fingerprint density at radius 1 is 1.39 bits per heavy atom. The lowest BCUT2D eigenvalue weighted by atomic mass is 10.1. The van der Waals surface area contributed by atoms with E-state index >= 15 is 0 Å². The minimum atomic E-state index is 0.801. The maximum absolute atomic E-state index is 5.29. The van der Waals surface area contributed by atoms with Gasteiger partial charge >= 0.3 is 0 Å². The van der Waals surface area contributed by atoms with Crippen LogP contribution in [0.15, 0.2) is 30.5 Å². The first-order valence-electron chi connectivity index (χ1n) is 6.14. The van der Waals surface area contributed by atoms with Gasteiger partial charge in [0.25, 0.3) is 0 Å². The van der Waals surface area contributed by atoms with Gasteiger partial charge < -0.3 is 14.3 Å². The Balaban J connectivity index is 2.11. The average molecular weight is 262 g/mol. The maximum Gasteiger partial charge on any atom is 0.177 e. The molecule has 3 nitrogen and oxygen atoms in total. The summed E-state index contributed by atoms with van der Waals surface area (Å²) < 4.78 is 8.19. The van der Waals surface area contributed by atoms with E-state index in [0.29, 0.717) is 0 Å². The van der Waals surface area contributed by atoms with Crippen molar-refractivity contribution >= 4 is 12.2 Å². The summed E-state index contributed by atoms with van der Waals surface area (Å²) in [5, 5.41) is 0. The molecule has 0 fully saturated rings. The van der Waals surface area contributed by atoms with Gasteiger partial charge in [0.15, 0.2) is 4.77 Å². The molecular weight excluding hydrogens is 244 g/mol. The molecule has 2 rings (SSSR count). The Kier molecular flexibility index (Phi) is 4.20. The second-order valence-electron chi connectivity index (χ2n) is 4.19. The molecule has 18 heavy (non-hydrogen) atoms. The third-order valence-electron chi connectivity index (χ3n) is 3.07. The van der Waals surface area contributed by atoms with Crippen molar-refractivity contribution in [3.63, 3.8) is 0 Å². The fourth-order valence-electron chi connectivity index (χ4n) is 2.04. The van der Waals surface area contributed by atoms with E-state index in [1.54, 1.807) is 7.11 Å². The zero-order chi connectivity index (χ0) is 13.0. The highest BCUT2D eigenvalue weighted by molar-refractivity contribution is 7.71. The van der Waals surface area contributed by atoms with E-state index in [2.05, 4.69) is 28.6 Å². The zero-order valence-electron chi connectivity index (χ0n) is 10.8. The van der Waals surface area contributed by atoms with Crippen LogP contribution < -0.4 is 4.74 Å². The van der Waals surface area contributed by atoms with Gasteiger partial charge in [-0.05, 0) is 42.8 Å². The quantitative estimate of drug-likeness (QED) is 0.837. The summed E-state index contributed by atoms with van der Waals surface area (Å²) in [6, 6.07) is 8.17. The second-order valence-corrected chi connectivity index (χ2v) is 4.58. The highest BCUT2D eigenvalue weighted by Crippen LogP contribution is 2.14. The van der Waals surface area contributed by atoms with Crippen molar-refractivity contribution in [3.8, 4) is 5.75 Å². The lowest BCUT2D eigenvalue weighted by Crippen LogP contribution is -2.05. The molecule has 0 aliphatic rings. The fraction of sp³-hybridized carbons (Fsp3) is 0.357. The highest BCUT2D eigenvalue weighted by atomic mass is 32.1. The van der Waals surface area contributed by atoms with Crippen LogP contribution >= 0.6 is 12.2 Å². The molecule has 0 radical (unpaired) electrons.